The van der Waals surface area contributed by atoms with Gasteiger partial charge in [0, 0.05) is 43.4 Å². The third kappa shape index (κ3) is 7.57. The molecule has 4 heteroatoms. The molecule has 0 atom stereocenters. The molecule has 19 heavy (non-hydrogen) atoms. The lowest BCUT2D eigenvalue weighted by Gasteiger charge is -2.28. The van der Waals surface area contributed by atoms with Crippen LogP contribution in [0.5, 0.6) is 0 Å². The fourth-order valence-corrected chi connectivity index (χ4v) is 2.81. The first kappa shape index (κ1) is 16.5. The summed E-state index contributed by atoms with van der Waals surface area (Å²) in [6.07, 6.45) is 5.71. The van der Waals surface area contributed by atoms with E-state index in [-0.39, 0.29) is 0 Å². The lowest BCUT2D eigenvalue weighted by atomic mass is 10.4. The molecule has 1 rings (SSSR count). The monoisotopic (exact) mass is 282 g/mol. The van der Waals surface area contributed by atoms with E-state index >= 15 is 0 Å². The molecule has 0 aromatic heterocycles. The molecular weight excluding hydrogens is 256 g/mol. The van der Waals surface area contributed by atoms with Gasteiger partial charge in [-0.15, -0.1) is 11.8 Å². The minimum Gasteiger partial charge on any atom is -0.379 e. The normalized spacial score (nSPS) is 17.7. The number of hydrogen-bond donors (Lipinski definition) is 0. The second-order valence-corrected chi connectivity index (χ2v) is 5.78. The number of morpholine rings is 1. The first-order valence-electron chi connectivity index (χ1n) is 6.83. The summed E-state index contributed by atoms with van der Waals surface area (Å²) >= 11 is 1.83. The van der Waals surface area contributed by atoms with Gasteiger partial charge in [0.2, 0.25) is 0 Å². The van der Waals surface area contributed by atoms with E-state index in [9.17, 15) is 0 Å². The van der Waals surface area contributed by atoms with E-state index in [0.29, 0.717) is 0 Å². The molecular formula is C15H26N2OS. The van der Waals surface area contributed by atoms with Crippen molar-refractivity contribution in [1.82, 2.24) is 9.80 Å². The predicted octanol–water partition coefficient (Wildman–Crippen LogP) is 2.24. The molecule has 1 aliphatic rings. The quantitative estimate of drug-likeness (QED) is 0.602. The number of thioether (sulfide) groups is 1. The maximum atomic E-state index is 5.35. The van der Waals surface area contributed by atoms with Crippen molar-refractivity contribution in [1.29, 1.82) is 0 Å². The van der Waals surface area contributed by atoms with E-state index in [1.807, 2.05) is 30.0 Å². The average molecular weight is 282 g/mol. The standard InChI is InChI=1S/C15H26N2OS/c1-4-6-15(5-2)19-14-11-16(3)7-8-17-9-12-18-13-10-17/h4-6H,1-2,7-14H2,3H3/b15-6+. The molecule has 0 spiro atoms. The third-order valence-electron chi connectivity index (χ3n) is 3.13. The summed E-state index contributed by atoms with van der Waals surface area (Å²) < 4.78 is 5.35. The third-order valence-corrected chi connectivity index (χ3v) is 4.15. The van der Waals surface area contributed by atoms with Gasteiger partial charge in [-0.3, -0.25) is 4.90 Å². The first-order valence-corrected chi connectivity index (χ1v) is 7.81. The van der Waals surface area contributed by atoms with Crippen LogP contribution < -0.4 is 0 Å². The smallest absolute Gasteiger partial charge is 0.0594 e. The molecule has 0 radical (unpaired) electrons. The molecule has 1 fully saturated rings. The van der Waals surface area contributed by atoms with E-state index in [2.05, 4.69) is 30.0 Å². The van der Waals surface area contributed by atoms with Gasteiger partial charge in [0.15, 0.2) is 0 Å². The Morgan fingerprint density at radius 2 is 2.05 bits per heavy atom. The molecule has 3 nitrogen and oxygen atoms in total. The highest BCUT2D eigenvalue weighted by molar-refractivity contribution is 8.03. The molecule has 0 aliphatic carbocycles. The molecule has 0 saturated carbocycles. The van der Waals surface area contributed by atoms with Crippen molar-refractivity contribution in [2.24, 2.45) is 0 Å². The Bertz CT molecular complexity index is 299. The van der Waals surface area contributed by atoms with Gasteiger partial charge < -0.3 is 9.64 Å². The Kier molecular flexibility index (Phi) is 8.91. The highest BCUT2D eigenvalue weighted by atomic mass is 32.2. The van der Waals surface area contributed by atoms with Crippen molar-refractivity contribution in [3.8, 4) is 0 Å². The molecule has 0 N–H and O–H groups in total. The van der Waals surface area contributed by atoms with Crippen LogP contribution in [0.25, 0.3) is 0 Å². The minimum atomic E-state index is 0.884. The summed E-state index contributed by atoms with van der Waals surface area (Å²) in [5.74, 6) is 1.09. The van der Waals surface area contributed by atoms with Gasteiger partial charge in [-0.1, -0.05) is 25.3 Å². The van der Waals surface area contributed by atoms with Crippen LogP contribution in [0.3, 0.4) is 0 Å². The van der Waals surface area contributed by atoms with Crippen molar-refractivity contribution in [2.45, 2.75) is 0 Å². The zero-order valence-corrected chi connectivity index (χ0v) is 12.8. The molecule has 0 bridgehead atoms. The highest BCUT2D eigenvalue weighted by Crippen LogP contribution is 2.16. The molecule has 0 unspecified atom stereocenters. The van der Waals surface area contributed by atoms with Crippen molar-refractivity contribution >= 4 is 11.8 Å². The van der Waals surface area contributed by atoms with Crippen molar-refractivity contribution < 1.29 is 4.74 Å². The van der Waals surface area contributed by atoms with Crippen LogP contribution in [0.15, 0.2) is 36.3 Å². The maximum Gasteiger partial charge on any atom is 0.0594 e. The number of rotatable bonds is 9. The Hall–Kier alpha value is -0.550. The second-order valence-electron chi connectivity index (χ2n) is 4.61. The van der Waals surface area contributed by atoms with Gasteiger partial charge in [-0.25, -0.2) is 0 Å². The molecule has 0 amide bonds. The van der Waals surface area contributed by atoms with Crippen LogP contribution in [0, 0.1) is 0 Å². The number of hydrogen-bond acceptors (Lipinski definition) is 4. The molecule has 108 valence electrons. The highest BCUT2D eigenvalue weighted by Gasteiger charge is 2.10. The van der Waals surface area contributed by atoms with Crippen LogP contribution >= 0.6 is 11.8 Å². The Labute approximate surface area is 122 Å². The molecule has 1 aliphatic heterocycles. The Morgan fingerprint density at radius 3 is 2.68 bits per heavy atom. The van der Waals surface area contributed by atoms with E-state index < -0.39 is 0 Å². The summed E-state index contributed by atoms with van der Waals surface area (Å²) in [6, 6.07) is 0. The molecule has 1 heterocycles. The minimum absolute atomic E-state index is 0.884. The van der Waals surface area contributed by atoms with Gasteiger partial charge in [-0.2, -0.15) is 0 Å². The number of allylic oxidation sites excluding steroid dienone is 3. The van der Waals surface area contributed by atoms with Crippen molar-refractivity contribution in [3.63, 3.8) is 0 Å². The molecule has 0 aromatic rings. The largest absolute Gasteiger partial charge is 0.379 e. The second kappa shape index (κ2) is 10.3. The Morgan fingerprint density at radius 1 is 1.32 bits per heavy atom. The predicted molar refractivity (Wildman–Crippen MR) is 85.7 cm³/mol. The lowest BCUT2D eigenvalue weighted by molar-refractivity contribution is 0.0347. The zero-order valence-electron chi connectivity index (χ0n) is 12.0. The van der Waals surface area contributed by atoms with Crippen LogP contribution in [0.4, 0.5) is 0 Å². The van der Waals surface area contributed by atoms with E-state index in [1.165, 1.54) is 4.91 Å². The number of nitrogens with zero attached hydrogens (tertiary/aromatic N) is 2. The zero-order chi connectivity index (χ0) is 13.9. The van der Waals surface area contributed by atoms with Gasteiger partial charge in [0.25, 0.3) is 0 Å². The summed E-state index contributed by atoms with van der Waals surface area (Å²) in [5, 5.41) is 0. The SMILES string of the molecule is C=C/C=C(\C=C)SCCN(C)CCN1CCOCC1. The van der Waals surface area contributed by atoms with Crippen LogP contribution in [0.2, 0.25) is 0 Å². The first-order chi connectivity index (χ1) is 9.26. The number of likely N-dealkylation sites (N-methyl/N-ethyl adjacent to an activating group) is 1. The number of ether oxygens (including phenoxy) is 1. The summed E-state index contributed by atoms with van der Waals surface area (Å²) in [6.45, 7) is 14.8. The fraction of sp³-hybridized carbons (Fsp3) is 0.600. The lowest BCUT2D eigenvalue weighted by Crippen LogP contribution is -2.41. The Balaban J connectivity index is 2.09. The molecule has 1 saturated heterocycles. The van der Waals surface area contributed by atoms with Gasteiger partial charge >= 0.3 is 0 Å². The van der Waals surface area contributed by atoms with Crippen LogP contribution in [0.1, 0.15) is 0 Å². The van der Waals surface area contributed by atoms with Crippen LogP contribution in [-0.2, 0) is 4.74 Å². The van der Waals surface area contributed by atoms with Crippen LogP contribution in [-0.4, -0.2) is 68.5 Å². The maximum absolute atomic E-state index is 5.35. The van der Waals surface area contributed by atoms with Gasteiger partial charge in [-0.05, 0) is 13.1 Å². The van der Waals surface area contributed by atoms with Gasteiger partial charge in [0.1, 0.15) is 0 Å². The van der Waals surface area contributed by atoms with E-state index in [0.717, 1.165) is 51.7 Å². The summed E-state index contributed by atoms with van der Waals surface area (Å²) in [7, 11) is 2.19. The topological polar surface area (TPSA) is 15.7 Å². The molecule has 0 aromatic carbocycles. The average Bonchev–Trinajstić information content (AvgIpc) is 2.45. The van der Waals surface area contributed by atoms with E-state index in [1.54, 1.807) is 0 Å². The fourth-order valence-electron chi connectivity index (χ4n) is 1.86. The summed E-state index contributed by atoms with van der Waals surface area (Å²) in [5.41, 5.74) is 0. The van der Waals surface area contributed by atoms with Crippen molar-refractivity contribution in [2.75, 3.05) is 58.7 Å². The van der Waals surface area contributed by atoms with E-state index in [4.69, 9.17) is 4.74 Å². The van der Waals surface area contributed by atoms with Crippen molar-refractivity contribution in [3.05, 3.63) is 36.3 Å². The van der Waals surface area contributed by atoms with Gasteiger partial charge in [0.05, 0.1) is 13.2 Å². The summed E-state index contributed by atoms with van der Waals surface area (Å²) in [4.78, 5) is 6.05.